The summed E-state index contributed by atoms with van der Waals surface area (Å²) < 4.78 is 5.77. The average molecular weight is 292 g/mol. The van der Waals surface area contributed by atoms with Crippen LogP contribution in [0.4, 0.5) is 0 Å². The maximum absolute atomic E-state index is 11.1. The maximum atomic E-state index is 11.1. The van der Waals surface area contributed by atoms with E-state index in [0.29, 0.717) is 6.61 Å². The van der Waals surface area contributed by atoms with E-state index < -0.39 is 0 Å². The van der Waals surface area contributed by atoms with Crippen LogP contribution >= 0.6 is 0 Å². The molecule has 1 aromatic carbocycles. The number of nitrogens with two attached hydrogens (primary N) is 1. The van der Waals surface area contributed by atoms with Crippen LogP contribution in [0.25, 0.3) is 0 Å². The van der Waals surface area contributed by atoms with Crippen LogP contribution in [0.2, 0.25) is 0 Å². The van der Waals surface area contributed by atoms with Gasteiger partial charge in [0.2, 0.25) is 5.91 Å². The van der Waals surface area contributed by atoms with Gasteiger partial charge >= 0.3 is 0 Å². The van der Waals surface area contributed by atoms with Gasteiger partial charge in [-0.25, -0.2) is 0 Å². The number of primary amides is 1. The van der Waals surface area contributed by atoms with Crippen LogP contribution in [0, 0.1) is 19.8 Å². The first-order valence-corrected chi connectivity index (χ1v) is 7.37. The summed E-state index contributed by atoms with van der Waals surface area (Å²) in [5.74, 6) is 0.227. The standard InChI is InChI=1S/C17H28N2O2/c1-11-7-14(9-19-17(4,5)6)8-12(2)15(11)21-10-13(3)16(18)20/h7-8,13,19H,9-10H2,1-6H3,(H2,18,20). The molecular formula is C17H28N2O2. The monoisotopic (exact) mass is 292 g/mol. The van der Waals surface area contributed by atoms with Crippen molar-refractivity contribution in [3.05, 3.63) is 28.8 Å². The van der Waals surface area contributed by atoms with Crippen molar-refractivity contribution in [3.8, 4) is 5.75 Å². The number of nitrogens with one attached hydrogen (secondary N) is 1. The molecule has 0 aliphatic heterocycles. The quantitative estimate of drug-likeness (QED) is 0.847. The Kier molecular flexibility index (Phi) is 5.78. The Hall–Kier alpha value is -1.55. The van der Waals surface area contributed by atoms with Crippen molar-refractivity contribution in [1.29, 1.82) is 0 Å². The number of hydrogen-bond acceptors (Lipinski definition) is 3. The third-order valence-corrected chi connectivity index (χ3v) is 3.31. The molecule has 0 spiro atoms. The molecule has 3 N–H and O–H groups in total. The van der Waals surface area contributed by atoms with Crippen molar-refractivity contribution in [2.24, 2.45) is 11.7 Å². The zero-order chi connectivity index (χ0) is 16.2. The second-order valence-electron chi connectivity index (χ2n) is 6.78. The molecule has 1 rings (SSSR count). The van der Waals surface area contributed by atoms with Gasteiger partial charge in [-0.2, -0.15) is 0 Å². The summed E-state index contributed by atoms with van der Waals surface area (Å²) in [5, 5.41) is 3.48. The van der Waals surface area contributed by atoms with E-state index >= 15 is 0 Å². The molecule has 4 nitrogen and oxygen atoms in total. The largest absolute Gasteiger partial charge is 0.492 e. The summed E-state index contributed by atoms with van der Waals surface area (Å²) >= 11 is 0. The summed E-state index contributed by atoms with van der Waals surface area (Å²) in [6.45, 7) is 13.4. The van der Waals surface area contributed by atoms with E-state index in [1.165, 1.54) is 5.56 Å². The predicted molar refractivity (Wildman–Crippen MR) is 86.4 cm³/mol. The van der Waals surface area contributed by atoms with Crippen LogP contribution in [0.15, 0.2) is 12.1 Å². The van der Waals surface area contributed by atoms with Crippen molar-refractivity contribution in [2.75, 3.05) is 6.61 Å². The van der Waals surface area contributed by atoms with E-state index in [-0.39, 0.29) is 17.4 Å². The summed E-state index contributed by atoms with van der Waals surface area (Å²) in [5.41, 5.74) is 8.74. The normalized spacial score (nSPS) is 13.0. The lowest BCUT2D eigenvalue weighted by atomic mass is 10.0. The fourth-order valence-corrected chi connectivity index (χ4v) is 2.03. The molecule has 0 fully saturated rings. The fraction of sp³-hybridized carbons (Fsp3) is 0.588. The minimum atomic E-state index is -0.337. The summed E-state index contributed by atoms with van der Waals surface area (Å²) in [7, 11) is 0. The molecule has 0 saturated carbocycles. The van der Waals surface area contributed by atoms with Crippen molar-refractivity contribution >= 4 is 5.91 Å². The molecule has 0 bridgehead atoms. The van der Waals surface area contributed by atoms with Gasteiger partial charge in [0.05, 0.1) is 12.5 Å². The van der Waals surface area contributed by atoms with E-state index in [9.17, 15) is 4.79 Å². The second kappa shape index (κ2) is 6.94. The minimum Gasteiger partial charge on any atom is -0.492 e. The zero-order valence-electron chi connectivity index (χ0n) is 14.0. The van der Waals surface area contributed by atoms with Gasteiger partial charge < -0.3 is 15.8 Å². The van der Waals surface area contributed by atoms with Gasteiger partial charge in [-0.3, -0.25) is 4.79 Å². The first-order chi connectivity index (χ1) is 9.60. The molecule has 1 unspecified atom stereocenters. The highest BCUT2D eigenvalue weighted by Gasteiger charge is 2.13. The van der Waals surface area contributed by atoms with Gasteiger partial charge in [0.15, 0.2) is 0 Å². The number of ether oxygens (including phenoxy) is 1. The molecule has 0 aliphatic rings. The third-order valence-electron chi connectivity index (χ3n) is 3.31. The van der Waals surface area contributed by atoms with Gasteiger partial charge in [-0.05, 0) is 51.3 Å². The first-order valence-electron chi connectivity index (χ1n) is 7.37. The minimum absolute atomic E-state index is 0.0912. The molecule has 1 atom stereocenters. The molecule has 0 aliphatic carbocycles. The van der Waals surface area contributed by atoms with Crippen molar-refractivity contribution < 1.29 is 9.53 Å². The molecule has 1 amide bonds. The highest BCUT2D eigenvalue weighted by Crippen LogP contribution is 2.25. The molecule has 118 valence electrons. The number of aryl methyl sites for hydroxylation is 2. The van der Waals surface area contributed by atoms with Crippen molar-refractivity contribution in [1.82, 2.24) is 5.32 Å². The highest BCUT2D eigenvalue weighted by molar-refractivity contribution is 5.76. The van der Waals surface area contributed by atoms with Crippen LogP contribution in [-0.4, -0.2) is 18.1 Å². The Morgan fingerprint density at radius 2 is 1.81 bits per heavy atom. The second-order valence-corrected chi connectivity index (χ2v) is 6.78. The Morgan fingerprint density at radius 1 is 1.29 bits per heavy atom. The third kappa shape index (κ3) is 5.76. The number of hydrogen-bond donors (Lipinski definition) is 2. The van der Waals surface area contributed by atoms with Crippen LogP contribution in [-0.2, 0) is 11.3 Å². The number of carbonyl (C=O) groups is 1. The van der Waals surface area contributed by atoms with E-state index in [1.54, 1.807) is 6.92 Å². The summed E-state index contributed by atoms with van der Waals surface area (Å²) in [6, 6.07) is 4.24. The van der Waals surface area contributed by atoms with Crippen LogP contribution in [0.1, 0.15) is 44.4 Å². The van der Waals surface area contributed by atoms with E-state index in [2.05, 4.69) is 38.2 Å². The first kappa shape index (κ1) is 17.5. The van der Waals surface area contributed by atoms with E-state index in [4.69, 9.17) is 10.5 Å². The van der Waals surface area contributed by atoms with Gasteiger partial charge in [-0.1, -0.05) is 19.1 Å². The smallest absolute Gasteiger partial charge is 0.223 e. The highest BCUT2D eigenvalue weighted by atomic mass is 16.5. The van der Waals surface area contributed by atoms with E-state index in [0.717, 1.165) is 23.4 Å². The fourth-order valence-electron chi connectivity index (χ4n) is 2.03. The summed E-state index contributed by atoms with van der Waals surface area (Å²) in [4.78, 5) is 11.1. The molecule has 1 aromatic rings. The average Bonchev–Trinajstić information content (AvgIpc) is 2.34. The lowest BCUT2D eigenvalue weighted by Gasteiger charge is -2.21. The molecule has 0 aromatic heterocycles. The molecule has 4 heteroatoms. The van der Waals surface area contributed by atoms with Crippen molar-refractivity contribution in [2.45, 2.75) is 53.6 Å². The summed E-state index contributed by atoms with van der Waals surface area (Å²) in [6.07, 6.45) is 0. The Balaban J connectivity index is 2.78. The van der Waals surface area contributed by atoms with Gasteiger partial charge in [0, 0.05) is 12.1 Å². The Morgan fingerprint density at radius 3 is 2.24 bits per heavy atom. The SMILES string of the molecule is Cc1cc(CNC(C)(C)C)cc(C)c1OCC(C)C(N)=O. The number of benzene rings is 1. The molecular weight excluding hydrogens is 264 g/mol. The van der Waals surface area contributed by atoms with Gasteiger partial charge in [-0.15, -0.1) is 0 Å². The number of carbonyl (C=O) groups excluding carboxylic acids is 1. The van der Waals surface area contributed by atoms with Gasteiger partial charge in [0.25, 0.3) is 0 Å². The zero-order valence-corrected chi connectivity index (χ0v) is 14.0. The van der Waals surface area contributed by atoms with Crippen molar-refractivity contribution in [3.63, 3.8) is 0 Å². The van der Waals surface area contributed by atoms with Crippen LogP contribution < -0.4 is 15.8 Å². The van der Waals surface area contributed by atoms with Crippen LogP contribution in [0.5, 0.6) is 5.75 Å². The lowest BCUT2D eigenvalue weighted by Crippen LogP contribution is -2.35. The lowest BCUT2D eigenvalue weighted by molar-refractivity contribution is -0.122. The Labute approximate surface area is 128 Å². The van der Waals surface area contributed by atoms with E-state index in [1.807, 2.05) is 13.8 Å². The number of amides is 1. The predicted octanol–water partition coefficient (Wildman–Crippen LogP) is 2.69. The van der Waals surface area contributed by atoms with Gasteiger partial charge in [0.1, 0.15) is 5.75 Å². The molecule has 0 saturated heterocycles. The molecule has 0 radical (unpaired) electrons. The molecule has 0 heterocycles. The topological polar surface area (TPSA) is 64.3 Å². The number of rotatable bonds is 6. The van der Waals surface area contributed by atoms with Crippen LogP contribution in [0.3, 0.4) is 0 Å². The maximum Gasteiger partial charge on any atom is 0.223 e. The molecule has 21 heavy (non-hydrogen) atoms. The Bertz CT molecular complexity index is 481.